The topological polar surface area (TPSA) is 89.8 Å². The lowest BCUT2D eigenvalue weighted by Crippen LogP contribution is -2.10. The molecule has 3 N–H and O–H groups in total. The van der Waals surface area contributed by atoms with Crippen molar-refractivity contribution < 1.29 is 5.11 Å². The van der Waals surface area contributed by atoms with Crippen LogP contribution in [0.1, 0.15) is 12.6 Å². The highest BCUT2D eigenvalue weighted by Gasteiger charge is 2.20. The van der Waals surface area contributed by atoms with Gasteiger partial charge in [-0.15, -0.1) is 6.58 Å². The SMILES string of the molecule is C=CCC(O)n1c(-c2cccnc2N)nc2cccnc21. The molecule has 3 aromatic rings. The van der Waals surface area contributed by atoms with E-state index >= 15 is 0 Å². The number of aliphatic hydroxyl groups is 1. The Morgan fingerprint density at radius 2 is 2.05 bits per heavy atom. The Hall–Kier alpha value is -2.73. The Bertz CT molecular complexity index is 796. The third kappa shape index (κ3) is 2.25. The number of anilines is 1. The van der Waals surface area contributed by atoms with E-state index in [0.29, 0.717) is 34.8 Å². The fourth-order valence-electron chi connectivity index (χ4n) is 2.26. The summed E-state index contributed by atoms with van der Waals surface area (Å²) in [5.74, 6) is 0.906. The number of aromatic nitrogens is 4. The van der Waals surface area contributed by atoms with Gasteiger partial charge < -0.3 is 10.8 Å². The van der Waals surface area contributed by atoms with Crippen molar-refractivity contribution >= 4 is 17.0 Å². The molecule has 6 heteroatoms. The molecule has 0 saturated carbocycles. The van der Waals surface area contributed by atoms with Crippen LogP contribution in [0.15, 0.2) is 49.3 Å². The van der Waals surface area contributed by atoms with Crippen molar-refractivity contribution in [3.63, 3.8) is 0 Å². The standard InChI is InChI=1S/C15H15N5O/c1-2-5-12(21)20-14(10-6-3-8-17-13(10)16)19-11-7-4-9-18-15(11)20/h2-4,6-9,12,21H,1,5H2,(H2,16,17). The average molecular weight is 281 g/mol. The van der Waals surface area contributed by atoms with E-state index in [4.69, 9.17) is 5.73 Å². The van der Waals surface area contributed by atoms with E-state index in [1.54, 1.807) is 35.2 Å². The Kier molecular flexibility index (Phi) is 3.37. The summed E-state index contributed by atoms with van der Waals surface area (Å²) in [4.78, 5) is 12.9. The lowest BCUT2D eigenvalue weighted by molar-refractivity contribution is 0.113. The minimum atomic E-state index is -0.808. The Balaban J connectivity index is 2.29. The summed E-state index contributed by atoms with van der Waals surface area (Å²) in [6.07, 6.45) is 4.50. The molecule has 0 aliphatic heterocycles. The van der Waals surface area contributed by atoms with Crippen LogP contribution in [0.3, 0.4) is 0 Å². The van der Waals surface area contributed by atoms with Crippen molar-refractivity contribution in [2.45, 2.75) is 12.6 Å². The van der Waals surface area contributed by atoms with Gasteiger partial charge in [-0.05, 0) is 24.3 Å². The highest BCUT2D eigenvalue weighted by molar-refractivity contribution is 5.80. The van der Waals surface area contributed by atoms with Crippen molar-refractivity contribution in [1.82, 2.24) is 19.5 Å². The molecule has 0 spiro atoms. The number of hydrogen-bond acceptors (Lipinski definition) is 5. The van der Waals surface area contributed by atoms with E-state index in [-0.39, 0.29) is 0 Å². The van der Waals surface area contributed by atoms with E-state index in [9.17, 15) is 5.11 Å². The Labute approximate surface area is 121 Å². The first kappa shape index (κ1) is 13.3. The third-order valence-corrected chi connectivity index (χ3v) is 3.20. The van der Waals surface area contributed by atoms with Crippen LogP contribution in [0.5, 0.6) is 0 Å². The lowest BCUT2D eigenvalue weighted by Gasteiger charge is -2.14. The van der Waals surface area contributed by atoms with Crippen LogP contribution in [0.25, 0.3) is 22.6 Å². The number of nitrogens with zero attached hydrogens (tertiary/aromatic N) is 4. The molecule has 0 aliphatic rings. The van der Waals surface area contributed by atoms with E-state index in [1.165, 1.54) is 0 Å². The zero-order valence-electron chi connectivity index (χ0n) is 11.3. The van der Waals surface area contributed by atoms with Crippen LogP contribution in [-0.2, 0) is 0 Å². The van der Waals surface area contributed by atoms with Crippen LogP contribution in [0.4, 0.5) is 5.82 Å². The van der Waals surface area contributed by atoms with Gasteiger partial charge in [-0.2, -0.15) is 0 Å². The Morgan fingerprint density at radius 1 is 1.29 bits per heavy atom. The number of rotatable bonds is 4. The number of fused-ring (bicyclic) bond motifs is 1. The second-order valence-electron chi connectivity index (χ2n) is 4.59. The van der Waals surface area contributed by atoms with Crippen LogP contribution in [0.2, 0.25) is 0 Å². The first-order valence-corrected chi connectivity index (χ1v) is 6.55. The molecule has 3 heterocycles. The van der Waals surface area contributed by atoms with Crippen molar-refractivity contribution in [3.8, 4) is 11.4 Å². The molecule has 0 radical (unpaired) electrons. The summed E-state index contributed by atoms with van der Waals surface area (Å²) in [7, 11) is 0. The lowest BCUT2D eigenvalue weighted by atomic mass is 10.2. The molecule has 3 aromatic heterocycles. The number of aliphatic hydroxyl groups excluding tert-OH is 1. The summed E-state index contributed by atoms with van der Waals surface area (Å²) in [6.45, 7) is 3.66. The van der Waals surface area contributed by atoms with Gasteiger partial charge in [0, 0.05) is 18.8 Å². The van der Waals surface area contributed by atoms with Gasteiger partial charge in [0.15, 0.2) is 5.65 Å². The van der Waals surface area contributed by atoms with Gasteiger partial charge in [-0.25, -0.2) is 15.0 Å². The van der Waals surface area contributed by atoms with Gasteiger partial charge in [-0.3, -0.25) is 4.57 Å². The molecule has 106 valence electrons. The molecule has 0 aliphatic carbocycles. The monoisotopic (exact) mass is 281 g/mol. The molecule has 0 amide bonds. The van der Waals surface area contributed by atoms with Crippen LogP contribution in [-0.4, -0.2) is 24.6 Å². The molecular formula is C15H15N5O. The first-order chi connectivity index (χ1) is 10.2. The number of nitrogen functional groups attached to an aromatic ring is 1. The number of pyridine rings is 2. The highest BCUT2D eigenvalue weighted by atomic mass is 16.3. The largest absolute Gasteiger partial charge is 0.383 e. The normalized spacial score (nSPS) is 12.4. The molecule has 1 unspecified atom stereocenters. The summed E-state index contributed by atoms with van der Waals surface area (Å²) in [5, 5.41) is 10.4. The molecule has 0 aromatic carbocycles. The van der Waals surface area contributed by atoms with Gasteiger partial charge >= 0.3 is 0 Å². The minimum absolute atomic E-state index is 0.361. The maximum absolute atomic E-state index is 10.4. The van der Waals surface area contributed by atoms with Gasteiger partial charge in [0.25, 0.3) is 0 Å². The van der Waals surface area contributed by atoms with Gasteiger partial charge in [0.1, 0.15) is 23.4 Å². The molecule has 6 nitrogen and oxygen atoms in total. The van der Waals surface area contributed by atoms with Crippen LogP contribution >= 0.6 is 0 Å². The van der Waals surface area contributed by atoms with E-state index in [0.717, 1.165) is 0 Å². The fourth-order valence-corrected chi connectivity index (χ4v) is 2.26. The summed E-state index contributed by atoms with van der Waals surface area (Å²) >= 11 is 0. The summed E-state index contributed by atoms with van der Waals surface area (Å²) < 4.78 is 1.66. The van der Waals surface area contributed by atoms with E-state index in [2.05, 4.69) is 21.5 Å². The van der Waals surface area contributed by atoms with Crippen molar-refractivity contribution in [2.75, 3.05) is 5.73 Å². The zero-order valence-corrected chi connectivity index (χ0v) is 11.3. The predicted molar refractivity (Wildman–Crippen MR) is 81.2 cm³/mol. The second-order valence-corrected chi connectivity index (χ2v) is 4.59. The summed E-state index contributed by atoms with van der Waals surface area (Å²) in [6, 6.07) is 7.24. The highest BCUT2D eigenvalue weighted by Crippen LogP contribution is 2.30. The number of imidazole rings is 1. The predicted octanol–water partition coefficient (Wildman–Crippen LogP) is 2.14. The van der Waals surface area contributed by atoms with Gasteiger partial charge in [0.05, 0.1) is 5.56 Å². The molecule has 21 heavy (non-hydrogen) atoms. The van der Waals surface area contributed by atoms with Crippen molar-refractivity contribution in [3.05, 3.63) is 49.3 Å². The van der Waals surface area contributed by atoms with Crippen molar-refractivity contribution in [2.24, 2.45) is 0 Å². The van der Waals surface area contributed by atoms with Gasteiger partial charge in [-0.1, -0.05) is 6.08 Å². The Morgan fingerprint density at radius 3 is 2.81 bits per heavy atom. The average Bonchev–Trinajstić information content (AvgIpc) is 2.87. The molecule has 0 bridgehead atoms. The van der Waals surface area contributed by atoms with E-state index < -0.39 is 6.23 Å². The first-order valence-electron chi connectivity index (χ1n) is 6.55. The van der Waals surface area contributed by atoms with Gasteiger partial charge in [0.2, 0.25) is 0 Å². The zero-order chi connectivity index (χ0) is 14.8. The van der Waals surface area contributed by atoms with Crippen molar-refractivity contribution in [1.29, 1.82) is 0 Å². The minimum Gasteiger partial charge on any atom is -0.383 e. The maximum Gasteiger partial charge on any atom is 0.162 e. The van der Waals surface area contributed by atoms with Crippen LogP contribution < -0.4 is 5.73 Å². The molecule has 1 atom stereocenters. The van der Waals surface area contributed by atoms with E-state index in [1.807, 2.05) is 12.1 Å². The quantitative estimate of drug-likeness (QED) is 0.715. The summed E-state index contributed by atoms with van der Waals surface area (Å²) in [5.41, 5.74) is 7.89. The van der Waals surface area contributed by atoms with Crippen LogP contribution in [0, 0.1) is 0 Å². The molecular weight excluding hydrogens is 266 g/mol. The molecule has 0 fully saturated rings. The fraction of sp³-hybridized carbons (Fsp3) is 0.133. The third-order valence-electron chi connectivity index (χ3n) is 3.20. The number of hydrogen-bond donors (Lipinski definition) is 2. The molecule has 0 saturated heterocycles. The second kappa shape index (κ2) is 5.34. The smallest absolute Gasteiger partial charge is 0.162 e. The maximum atomic E-state index is 10.4. The molecule has 3 rings (SSSR count). The number of nitrogens with two attached hydrogens (primary N) is 1.